The van der Waals surface area contributed by atoms with Crippen molar-refractivity contribution in [3.05, 3.63) is 107 Å². The number of hydrogen-bond acceptors (Lipinski definition) is 7. The first-order valence-corrected chi connectivity index (χ1v) is 17.2. The third-order valence-electron chi connectivity index (χ3n) is 8.35. The maximum Gasteiger partial charge on any atom is 0.573 e. The Labute approximate surface area is 320 Å². The molecule has 0 aliphatic rings. The number of carboxylic acids is 2. The molecule has 14 nitrogen and oxygen atoms in total. The Kier molecular flexibility index (Phi) is 12.8. The van der Waals surface area contributed by atoms with Crippen LogP contribution < -0.4 is 26.0 Å². The average molecular weight is 796 g/mol. The van der Waals surface area contributed by atoms with Gasteiger partial charge < -0.3 is 41.2 Å². The van der Waals surface area contributed by atoms with E-state index in [-0.39, 0.29) is 17.8 Å². The van der Waals surface area contributed by atoms with Gasteiger partial charge in [0.2, 0.25) is 17.7 Å². The van der Waals surface area contributed by atoms with Crippen LogP contribution in [0.1, 0.15) is 35.3 Å². The van der Waals surface area contributed by atoms with E-state index in [2.05, 4.69) is 31.0 Å². The smallest absolute Gasteiger partial charge is 0.481 e. The SMILES string of the molecule is O=C(O)CC[C@H](NC(=O)[C@H](CC(=O)O)NC(=O)[C@H](Cc1ccc2ccccc2c1)NC(=O)c1cc2cc(Cl)ccc2[nH]1)C(=O)Nc1ccc(OC(F)(F)F)cc1. The molecule has 56 heavy (non-hydrogen) atoms. The quantitative estimate of drug-likeness (QED) is 0.0701. The molecule has 5 aromatic rings. The highest BCUT2D eigenvalue weighted by atomic mass is 35.5. The first-order chi connectivity index (χ1) is 26.5. The molecule has 0 aliphatic carbocycles. The van der Waals surface area contributed by atoms with E-state index < -0.39 is 85.1 Å². The summed E-state index contributed by atoms with van der Waals surface area (Å²) < 4.78 is 41.5. The Bertz CT molecular complexity index is 2280. The van der Waals surface area contributed by atoms with Crippen molar-refractivity contribution in [3.63, 3.8) is 0 Å². The summed E-state index contributed by atoms with van der Waals surface area (Å²) in [7, 11) is 0. The lowest BCUT2D eigenvalue weighted by atomic mass is 10.0. The number of rotatable bonds is 16. The highest BCUT2D eigenvalue weighted by Gasteiger charge is 2.33. The van der Waals surface area contributed by atoms with Gasteiger partial charge in [0, 0.05) is 34.5 Å². The number of amides is 4. The van der Waals surface area contributed by atoms with Crippen LogP contribution in [0, 0.1) is 0 Å². The standard InChI is InChI=1S/C38H33ClF3N5O9/c39-24-7-12-27-23(17-24)18-30(44-27)36(54)46-29(16-20-5-6-21-3-1-2-4-22(21)15-20)35(53)47-31(19-33(50)51)37(55)45-28(13-14-32(48)49)34(52)43-25-8-10-26(11-9-25)56-38(40,41)42/h1-12,15,17-18,28-29,31,44H,13-14,16,19H2,(H,43,52)(H,45,55)(H,46,54)(H,47,53)(H,48,49)(H,50,51)/t28-,29-,31-/m0/s1. The van der Waals surface area contributed by atoms with E-state index in [1.54, 1.807) is 30.3 Å². The minimum absolute atomic E-state index is 0.0418. The van der Waals surface area contributed by atoms with Crippen LogP contribution in [0.5, 0.6) is 5.75 Å². The summed E-state index contributed by atoms with van der Waals surface area (Å²) in [4.78, 5) is 80.4. The number of nitrogens with one attached hydrogen (secondary N) is 5. The number of benzene rings is 4. The van der Waals surface area contributed by atoms with Gasteiger partial charge in [0.15, 0.2) is 0 Å². The van der Waals surface area contributed by atoms with Gasteiger partial charge in [-0.3, -0.25) is 28.8 Å². The highest BCUT2D eigenvalue weighted by Crippen LogP contribution is 2.25. The molecule has 0 unspecified atom stereocenters. The number of hydrogen-bond donors (Lipinski definition) is 7. The molecule has 0 spiro atoms. The number of fused-ring (bicyclic) bond motifs is 2. The van der Waals surface area contributed by atoms with Gasteiger partial charge in [-0.1, -0.05) is 54.1 Å². The molecule has 0 bridgehead atoms. The highest BCUT2D eigenvalue weighted by molar-refractivity contribution is 6.31. The number of aromatic nitrogens is 1. The number of anilines is 1. The summed E-state index contributed by atoms with van der Waals surface area (Å²) in [5.41, 5.74) is 1.23. The molecule has 18 heteroatoms. The van der Waals surface area contributed by atoms with Crippen LogP contribution in [0.2, 0.25) is 5.02 Å². The normalized spacial score (nSPS) is 12.9. The van der Waals surface area contributed by atoms with Crippen molar-refractivity contribution in [2.45, 2.75) is 50.2 Å². The molecular formula is C38H33ClF3N5O9. The maximum atomic E-state index is 13.9. The molecular weight excluding hydrogens is 763 g/mol. The van der Waals surface area contributed by atoms with E-state index >= 15 is 0 Å². The number of carboxylic acid groups (broad SMARTS) is 2. The van der Waals surface area contributed by atoms with Crippen LogP contribution in [0.4, 0.5) is 18.9 Å². The van der Waals surface area contributed by atoms with Gasteiger partial charge in [-0.25, -0.2) is 0 Å². The predicted molar refractivity (Wildman–Crippen MR) is 197 cm³/mol. The molecule has 292 valence electrons. The van der Waals surface area contributed by atoms with E-state index in [1.807, 2.05) is 30.3 Å². The fourth-order valence-electron chi connectivity index (χ4n) is 5.71. The first-order valence-electron chi connectivity index (χ1n) is 16.8. The third kappa shape index (κ3) is 11.4. The maximum absolute atomic E-state index is 13.9. The van der Waals surface area contributed by atoms with E-state index in [4.69, 9.17) is 11.6 Å². The van der Waals surface area contributed by atoms with Gasteiger partial charge in [-0.15, -0.1) is 13.2 Å². The molecule has 0 saturated heterocycles. The lowest BCUT2D eigenvalue weighted by Gasteiger charge is -2.25. The second kappa shape index (κ2) is 17.7. The number of carbonyl (C=O) groups is 6. The molecule has 0 saturated carbocycles. The summed E-state index contributed by atoms with van der Waals surface area (Å²) in [5.74, 6) is -7.29. The zero-order valence-corrected chi connectivity index (χ0v) is 29.7. The summed E-state index contributed by atoms with van der Waals surface area (Å²) in [6.07, 6.45) is -7.18. The lowest BCUT2D eigenvalue weighted by Crippen LogP contribution is -2.57. The first kappa shape index (κ1) is 40.6. The van der Waals surface area contributed by atoms with E-state index in [1.165, 1.54) is 6.07 Å². The fourth-order valence-corrected chi connectivity index (χ4v) is 5.89. The van der Waals surface area contributed by atoms with Gasteiger partial charge in [-0.2, -0.15) is 0 Å². The van der Waals surface area contributed by atoms with Gasteiger partial charge >= 0.3 is 18.3 Å². The van der Waals surface area contributed by atoms with Crippen molar-refractivity contribution >= 4 is 74.5 Å². The van der Waals surface area contributed by atoms with E-state index in [0.29, 0.717) is 21.5 Å². The Morgan fingerprint density at radius 2 is 1.39 bits per heavy atom. The summed E-state index contributed by atoms with van der Waals surface area (Å²) in [6, 6.07) is 18.3. The van der Waals surface area contributed by atoms with Gasteiger partial charge in [0.1, 0.15) is 29.6 Å². The topological polar surface area (TPSA) is 216 Å². The second-order valence-electron chi connectivity index (χ2n) is 12.5. The number of halogens is 4. The van der Waals surface area contributed by atoms with Crippen molar-refractivity contribution in [2.75, 3.05) is 5.32 Å². The molecule has 3 atom stereocenters. The summed E-state index contributed by atoms with van der Waals surface area (Å²) >= 11 is 6.09. The predicted octanol–water partition coefficient (Wildman–Crippen LogP) is 5.16. The zero-order chi connectivity index (χ0) is 40.6. The minimum Gasteiger partial charge on any atom is -0.481 e. The van der Waals surface area contributed by atoms with Crippen LogP contribution in [-0.2, 0) is 30.4 Å². The van der Waals surface area contributed by atoms with Crippen LogP contribution in [0.15, 0.2) is 91.0 Å². The van der Waals surface area contributed by atoms with Gasteiger partial charge in [-0.05, 0) is 71.3 Å². The molecule has 1 aromatic heterocycles. The molecule has 5 rings (SSSR count). The fraction of sp³-hybridized carbons (Fsp3) is 0.211. The lowest BCUT2D eigenvalue weighted by molar-refractivity contribution is -0.274. The van der Waals surface area contributed by atoms with Crippen LogP contribution >= 0.6 is 11.6 Å². The molecule has 1 heterocycles. The number of carbonyl (C=O) groups excluding carboxylic acids is 4. The van der Waals surface area contributed by atoms with Crippen molar-refractivity contribution in [1.29, 1.82) is 0 Å². The third-order valence-corrected chi connectivity index (χ3v) is 8.59. The van der Waals surface area contributed by atoms with Crippen molar-refractivity contribution in [2.24, 2.45) is 0 Å². The largest absolute Gasteiger partial charge is 0.573 e. The summed E-state index contributed by atoms with van der Waals surface area (Å²) in [6.45, 7) is 0. The average Bonchev–Trinajstić information content (AvgIpc) is 3.56. The monoisotopic (exact) mass is 795 g/mol. The van der Waals surface area contributed by atoms with Crippen molar-refractivity contribution < 1.29 is 56.9 Å². The number of ether oxygens (including phenoxy) is 1. The molecule has 4 aromatic carbocycles. The second-order valence-corrected chi connectivity index (χ2v) is 13.0. The molecule has 0 fully saturated rings. The summed E-state index contributed by atoms with van der Waals surface area (Å²) in [5, 5.41) is 31.3. The Balaban J connectivity index is 1.36. The van der Waals surface area contributed by atoms with Gasteiger partial charge in [0.25, 0.3) is 5.91 Å². The molecule has 7 N–H and O–H groups in total. The van der Waals surface area contributed by atoms with E-state index in [9.17, 15) is 52.2 Å². The van der Waals surface area contributed by atoms with Crippen LogP contribution in [-0.4, -0.2) is 75.3 Å². The number of H-pyrrole nitrogens is 1. The Morgan fingerprint density at radius 3 is 2.07 bits per heavy atom. The van der Waals surface area contributed by atoms with Crippen LogP contribution in [0.3, 0.4) is 0 Å². The minimum atomic E-state index is -4.96. The van der Waals surface area contributed by atoms with Crippen molar-refractivity contribution in [1.82, 2.24) is 20.9 Å². The number of aromatic amines is 1. The molecule has 0 radical (unpaired) electrons. The van der Waals surface area contributed by atoms with Crippen molar-refractivity contribution in [3.8, 4) is 5.75 Å². The van der Waals surface area contributed by atoms with Crippen LogP contribution in [0.25, 0.3) is 21.7 Å². The Morgan fingerprint density at radius 1 is 0.714 bits per heavy atom. The Hall–Kier alpha value is -6.62. The van der Waals surface area contributed by atoms with E-state index in [0.717, 1.165) is 35.0 Å². The number of aliphatic carboxylic acids is 2. The van der Waals surface area contributed by atoms with Gasteiger partial charge in [0.05, 0.1) is 6.42 Å². The molecule has 0 aliphatic heterocycles. The number of alkyl halides is 3. The molecule has 4 amide bonds. The zero-order valence-electron chi connectivity index (χ0n) is 29.0.